The summed E-state index contributed by atoms with van der Waals surface area (Å²) in [5.41, 5.74) is 6.32. The summed E-state index contributed by atoms with van der Waals surface area (Å²) in [6, 6.07) is 7.34. The molecule has 1 aliphatic rings. The van der Waals surface area contributed by atoms with Crippen molar-refractivity contribution < 1.29 is 9.53 Å². The summed E-state index contributed by atoms with van der Waals surface area (Å²) in [5.74, 6) is 0.775. The Hall–Kier alpha value is -1.55. The zero-order valence-corrected chi connectivity index (χ0v) is 12.9. The molecule has 21 heavy (non-hydrogen) atoms. The average Bonchev–Trinajstić information content (AvgIpc) is 2.97. The van der Waals surface area contributed by atoms with Crippen LogP contribution >= 0.6 is 0 Å². The Morgan fingerprint density at radius 3 is 2.52 bits per heavy atom. The van der Waals surface area contributed by atoms with E-state index in [1.165, 1.54) is 0 Å². The van der Waals surface area contributed by atoms with E-state index in [0.717, 1.165) is 50.9 Å². The number of amides is 1. The minimum atomic E-state index is -0.201. The molecule has 0 aliphatic heterocycles. The molecule has 116 valence electrons. The molecule has 0 spiro atoms. The van der Waals surface area contributed by atoms with E-state index in [0.29, 0.717) is 12.1 Å². The SMILES string of the molecule is CCCCOc1ccc(C(=O)NC2(CN)CCCC2)cc1. The molecule has 0 heterocycles. The molecule has 0 atom stereocenters. The summed E-state index contributed by atoms with van der Waals surface area (Å²) < 4.78 is 5.60. The maximum atomic E-state index is 12.3. The van der Waals surface area contributed by atoms with Crippen molar-refractivity contribution in [1.82, 2.24) is 5.32 Å². The number of carbonyl (C=O) groups excluding carboxylic acids is 1. The van der Waals surface area contributed by atoms with E-state index in [4.69, 9.17) is 10.5 Å². The minimum Gasteiger partial charge on any atom is -0.494 e. The molecule has 1 amide bonds. The van der Waals surface area contributed by atoms with Gasteiger partial charge in [-0.2, -0.15) is 0 Å². The number of hydrogen-bond donors (Lipinski definition) is 2. The number of nitrogens with two attached hydrogens (primary N) is 1. The number of benzene rings is 1. The topological polar surface area (TPSA) is 64.3 Å². The molecular formula is C17H26N2O2. The second kappa shape index (κ2) is 7.46. The maximum absolute atomic E-state index is 12.3. The first-order valence-corrected chi connectivity index (χ1v) is 7.94. The van der Waals surface area contributed by atoms with Crippen LogP contribution in [0.25, 0.3) is 0 Å². The van der Waals surface area contributed by atoms with Gasteiger partial charge in [-0.25, -0.2) is 0 Å². The molecule has 0 saturated heterocycles. The van der Waals surface area contributed by atoms with Crippen LogP contribution in [0.2, 0.25) is 0 Å². The summed E-state index contributed by atoms with van der Waals surface area (Å²) in [5, 5.41) is 3.13. The van der Waals surface area contributed by atoms with E-state index in [1.807, 2.05) is 24.3 Å². The summed E-state index contributed by atoms with van der Waals surface area (Å²) in [6.45, 7) is 3.36. The molecule has 4 heteroatoms. The van der Waals surface area contributed by atoms with E-state index in [-0.39, 0.29) is 11.4 Å². The van der Waals surface area contributed by atoms with Crippen LogP contribution in [-0.2, 0) is 0 Å². The Morgan fingerprint density at radius 2 is 1.95 bits per heavy atom. The second-order valence-corrected chi connectivity index (χ2v) is 5.87. The smallest absolute Gasteiger partial charge is 0.251 e. The van der Waals surface area contributed by atoms with Gasteiger partial charge in [0.05, 0.1) is 12.1 Å². The van der Waals surface area contributed by atoms with Gasteiger partial charge in [-0.3, -0.25) is 4.79 Å². The number of carbonyl (C=O) groups is 1. The lowest BCUT2D eigenvalue weighted by Gasteiger charge is -2.28. The van der Waals surface area contributed by atoms with E-state index >= 15 is 0 Å². The third-order valence-electron chi connectivity index (χ3n) is 4.21. The third-order valence-corrected chi connectivity index (χ3v) is 4.21. The van der Waals surface area contributed by atoms with E-state index < -0.39 is 0 Å². The largest absolute Gasteiger partial charge is 0.494 e. The van der Waals surface area contributed by atoms with Crippen LogP contribution < -0.4 is 15.8 Å². The van der Waals surface area contributed by atoms with Crippen molar-refractivity contribution in [1.29, 1.82) is 0 Å². The van der Waals surface area contributed by atoms with Crippen molar-refractivity contribution in [2.75, 3.05) is 13.2 Å². The summed E-state index contributed by atoms with van der Waals surface area (Å²) in [6.07, 6.45) is 6.40. The zero-order valence-electron chi connectivity index (χ0n) is 12.9. The summed E-state index contributed by atoms with van der Waals surface area (Å²) in [7, 11) is 0. The normalized spacial score (nSPS) is 16.7. The molecule has 1 aromatic rings. The molecule has 4 nitrogen and oxygen atoms in total. The quantitative estimate of drug-likeness (QED) is 0.759. The fraction of sp³-hybridized carbons (Fsp3) is 0.588. The van der Waals surface area contributed by atoms with Crippen LogP contribution in [-0.4, -0.2) is 24.6 Å². The van der Waals surface area contributed by atoms with Crippen molar-refractivity contribution in [2.45, 2.75) is 51.0 Å². The molecule has 2 rings (SSSR count). The first-order valence-electron chi connectivity index (χ1n) is 7.94. The lowest BCUT2D eigenvalue weighted by atomic mass is 9.97. The average molecular weight is 290 g/mol. The fourth-order valence-electron chi connectivity index (χ4n) is 2.78. The second-order valence-electron chi connectivity index (χ2n) is 5.87. The van der Waals surface area contributed by atoms with Gasteiger partial charge in [0.1, 0.15) is 5.75 Å². The third kappa shape index (κ3) is 4.21. The highest BCUT2D eigenvalue weighted by Gasteiger charge is 2.33. The van der Waals surface area contributed by atoms with Crippen LogP contribution in [0.5, 0.6) is 5.75 Å². The molecule has 0 bridgehead atoms. The highest BCUT2D eigenvalue weighted by atomic mass is 16.5. The lowest BCUT2D eigenvalue weighted by molar-refractivity contribution is 0.0903. The number of rotatable bonds is 7. The van der Waals surface area contributed by atoms with E-state index in [2.05, 4.69) is 12.2 Å². The molecular weight excluding hydrogens is 264 g/mol. The minimum absolute atomic E-state index is 0.0394. The van der Waals surface area contributed by atoms with Crippen molar-refractivity contribution in [3.63, 3.8) is 0 Å². The Morgan fingerprint density at radius 1 is 1.29 bits per heavy atom. The Kier molecular flexibility index (Phi) is 5.62. The van der Waals surface area contributed by atoms with Crippen LogP contribution in [0.15, 0.2) is 24.3 Å². The van der Waals surface area contributed by atoms with Gasteiger partial charge in [0.2, 0.25) is 0 Å². The molecule has 3 N–H and O–H groups in total. The van der Waals surface area contributed by atoms with Gasteiger partial charge in [-0.1, -0.05) is 26.2 Å². The number of hydrogen-bond acceptors (Lipinski definition) is 3. The first-order chi connectivity index (χ1) is 10.2. The first kappa shape index (κ1) is 15.8. The summed E-state index contributed by atoms with van der Waals surface area (Å²) in [4.78, 5) is 12.3. The van der Waals surface area contributed by atoms with Crippen LogP contribution in [0.3, 0.4) is 0 Å². The van der Waals surface area contributed by atoms with Gasteiger partial charge in [0.25, 0.3) is 5.91 Å². The van der Waals surface area contributed by atoms with E-state index in [1.54, 1.807) is 0 Å². The maximum Gasteiger partial charge on any atom is 0.251 e. The number of ether oxygens (including phenoxy) is 1. The molecule has 0 radical (unpaired) electrons. The predicted molar refractivity (Wildman–Crippen MR) is 84.6 cm³/mol. The Balaban J connectivity index is 1.93. The van der Waals surface area contributed by atoms with Gasteiger partial charge in [0, 0.05) is 12.1 Å². The Labute approximate surface area is 127 Å². The fourth-order valence-corrected chi connectivity index (χ4v) is 2.78. The van der Waals surface area contributed by atoms with Crippen LogP contribution in [0.4, 0.5) is 0 Å². The van der Waals surface area contributed by atoms with Crippen molar-refractivity contribution >= 4 is 5.91 Å². The van der Waals surface area contributed by atoms with Gasteiger partial charge in [0.15, 0.2) is 0 Å². The summed E-state index contributed by atoms with van der Waals surface area (Å²) >= 11 is 0. The zero-order chi connectivity index (χ0) is 15.1. The molecule has 0 aromatic heterocycles. The molecule has 1 fully saturated rings. The number of nitrogens with one attached hydrogen (secondary N) is 1. The molecule has 1 aliphatic carbocycles. The predicted octanol–water partition coefficient (Wildman–Crippen LogP) is 2.87. The molecule has 1 aromatic carbocycles. The van der Waals surface area contributed by atoms with Gasteiger partial charge in [-0.15, -0.1) is 0 Å². The lowest BCUT2D eigenvalue weighted by Crippen LogP contribution is -2.51. The molecule has 0 unspecified atom stereocenters. The van der Waals surface area contributed by atoms with Gasteiger partial charge < -0.3 is 15.8 Å². The van der Waals surface area contributed by atoms with Crippen molar-refractivity contribution in [3.05, 3.63) is 29.8 Å². The standard InChI is InChI=1S/C17H26N2O2/c1-2-3-12-21-15-8-6-14(7-9-15)16(20)19-17(13-18)10-4-5-11-17/h6-9H,2-5,10-13,18H2,1H3,(H,19,20). The van der Waals surface area contributed by atoms with Gasteiger partial charge >= 0.3 is 0 Å². The Bertz CT molecular complexity index is 450. The highest BCUT2D eigenvalue weighted by Crippen LogP contribution is 2.29. The van der Waals surface area contributed by atoms with Crippen molar-refractivity contribution in [2.24, 2.45) is 5.73 Å². The highest BCUT2D eigenvalue weighted by molar-refractivity contribution is 5.94. The van der Waals surface area contributed by atoms with Gasteiger partial charge in [-0.05, 0) is 43.5 Å². The van der Waals surface area contributed by atoms with E-state index in [9.17, 15) is 4.79 Å². The van der Waals surface area contributed by atoms with Crippen LogP contribution in [0.1, 0.15) is 55.8 Å². The molecule has 1 saturated carbocycles. The van der Waals surface area contributed by atoms with Crippen LogP contribution in [0, 0.1) is 0 Å². The monoisotopic (exact) mass is 290 g/mol. The number of unbranched alkanes of at least 4 members (excludes halogenated alkanes) is 1. The van der Waals surface area contributed by atoms with Crippen molar-refractivity contribution in [3.8, 4) is 5.75 Å².